The molecule has 3 atom stereocenters. The van der Waals surface area contributed by atoms with Gasteiger partial charge in [-0.25, -0.2) is 0 Å². The average Bonchev–Trinajstić information content (AvgIpc) is 3.21. The Balaban J connectivity index is 0.00000169. The quantitative estimate of drug-likeness (QED) is 0.737. The third-order valence-electron chi connectivity index (χ3n) is 5.68. The van der Waals surface area contributed by atoms with Crippen LogP contribution in [0.25, 0.3) is 0 Å². The normalized spacial score (nSPS) is 25.3. The molecule has 3 N–H and O–H groups in total. The molecular formula is C20H33Cl2N3O. The van der Waals surface area contributed by atoms with Crippen molar-refractivity contribution in [3.05, 3.63) is 35.9 Å². The van der Waals surface area contributed by atoms with Gasteiger partial charge < -0.3 is 16.0 Å². The Bertz CT molecular complexity index is 529. The first-order valence-corrected chi connectivity index (χ1v) is 9.49. The molecule has 1 aromatic carbocycles. The Morgan fingerprint density at radius 1 is 1.15 bits per heavy atom. The monoisotopic (exact) mass is 401 g/mol. The van der Waals surface area contributed by atoms with Gasteiger partial charge in [0.15, 0.2) is 0 Å². The molecule has 0 radical (unpaired) electrons. The smallest absolute Gasteiger partial charge is 0.220 e. The maximum absolute atomic E-state index is 12.1. The Hall–Kier alpha value is -0.810. The number of likely N-dealkylation sites (tertiary alicyclic amines) is 1. The molecule has 0 spiro atoms. The Kier molecular flexibility index (Phi) is 10.6. The van der Waals surface area contributed by atoms with Gasteiger partial charge in [-0.1, -0.05) is 36.8 Å². The largest absolute Gasteiger partial charge is 0.356 e. The number of nitrogens with zero attached hydrogens (tertiary/aromatic N) is 1. The Labute approximate surface area is 170 Å². The molecule has 2 aliphatic rings. The molecule has 148 valence electrons. The zero-order chi connectivity index (χ0) is 16.8. The molecule has 4 nitrogen and oxygen atoms in total. The number of nitrogens with one attached hydrogen (secondary N) is 1. The standard InChI is InChI=1S/C20H31N3O.2ClH/c21-19-8-4-7-18(19)13-20(24)22-14-17-10-12-23(15-17)11-9-16-5-2-1-3-6-16;;/h1-3,5-6,17-19H,4,7-15,21H2,(H,22,24);2*1H/t17?,18-,19+;;/m0../s1. The summed E-state index contributed by atoms with van der Waals surface area (Å²) < 4.78 is 0. The number of halogens is 2. The van der Waals surface area contributed by atoms with E-state index in [0.29, 0.717) is 18.3 Å². The molecule has 26 heavy (non-hydrogen) atoms. The van der Waals surface area contributed by atoms with Gasteiger partial charge in [-0.15, -0.1) is 24.8 Å². The number of rotatable bonds is 7. The van der Waals surface area contributed by atoms with Crippen molar-refractivity contribution >= 4 is 30.7 Å². The van der Waals surface area contributed by atoms with E-state index in [1.807, 2.05) is 0 Å². The van der Waals surface area contributed by atoms with Gasteiger partial charge in [0.2, 0.25) is 5.91 Å². The average molecular weight is 402 g/mol. The second kappa shape index (κ2) is 11.8. The fourth-order valence-electron chi connectivity index (χ4n) is 4.10. The van der Waals surface area contributed by atoms with E-state index in [4.69, 9.17) is 5.73 Å². The van der Waals surface area contributed by atoms with Crippen molar-refractivity contribution in [2.24, 2.45) is 17.6 Å². The van der Waals surface area contributed by atoms with Crippen LogP contribution in [0.2, 0.25) is 0 Å². The number of carbonyl (C=O) groups is 1. The van der Waals surface area contributed by atoms with Crippen LogP contribution in [-0.2, 0) is 11.2 Å². The molecule has 2 fully saturated rings. The van der Waals surface area contributed by atoms with Crippen molar-refractivity contribution in [3.8, 4) is 0 Å². The van der Waals surface area contributed by atoms with Gasteiger partial charge in [-0.2, -0.15) is 0 Å². The summed E-state index contributed by atoms with van der Waals surface area (Å²) in [6, 6.07) is 10.9. The Morgan fingerprint density at radius 3 is 2.62 bits per heavy atom. The summed E-state index contributed by atoms with van der Waals surface area (Å²) in [4.78, 5) is 14.6. The van der Waals surface area contributed by atoms with Crippen molar-refractivity contribution in [1.82, 2.24) is 10.2 Å². The van der Waals surface area contributed by atoms with Crippen molar-refractivity contribution in [2.45, 2.75) is 44.6 Å². The molecule has 1 aliphatic carbocycles. The van der Waals surface area contributed by atoms with Crippen molar-refractivity contribution < 1.29 is 4.79 Å². The molecular weight excluding hydrogens is 369 g/mol. The van der Waals surface area contributed by atoms with Crippen LogP contribution in [0.5, 0.6) is 0 Å². The van der Waals surface area contributed by atoms with Gasteiger partial charge in [-0.3, -0.25) is 4.79 Å². The van der Waals surface area contributed by atoms with E-state index in [2.05, 4.69) is 40.5 Å². The minimum atomic E-state index is 0. The molecule has 1 heterocycles. The molecule has 6 heteroatoms. The lowest BCUT2D eigenvalue weighted by Gasteiger charge is -2.18. The number of amides is 1. The maximum Gasteiger partial charge on any atom is 0.220 e. The number of benzene rings is 1. The maximum atomic E-state index is 12.1. The second-order valence-electron chi connectivity index (χ2n) is 7.55. The van der Waals surface area contributed by atoms with Gasteiger partial charge in [-0.05, 0) is 49.6 Å². The highest BCUT2D eigenvalue weighted by Crippen LogP contribution is 2.26. The zero-order valence-electron chi connectivity index (χ0n) is 15.4. The van der Waals surface area contributed by atoms with Gasteiger partial charge in [0.25, 0.3) is 0 Å². The van der Waals surface area contributed by atoms with Gasteiger partial charge in [0, 0.05) is 32.1 Å². The fraction of sp³-hybridized carbons (Fsp3) is 0.650. The molecule has 1 saturated carbocycles. The van der Waals surface area contributed by atoms with E-state index < -0.39 is 0 Å². The van der Waals surface area contributed by atoms with E-state index in [0.717, 1.165) is 45.4 Å². The molecule has 1 aliphatic heterocycles. The highest BCUT2D eigenvalue weighted by atomic mass is 35.5. The number of carbonyl (C=O) groups excluding carboxylic acids is 1. The fourth-order valence-corrected chi connectivity index (χ4v) is 4.10. The molecule has 0 bridgehead atoms. The van der Waals surface area contributed by atoms with Crippen molar-refractivity contribution in [1.29, 1.82) is 0 Å². The summed E-state index contributed by atoms with van der Waals surface area (Å²) in [5, 5.41) is 3.15. The third-order valence-corrected chi connectivity index (χ3v) is 5.68. The van der Waals surface area contributed by atoms with E-state index >= 15 is 0 Å². The van der Waals surface area contributed by atoms with Crippen LogP contribution in [0.15, 0.2) is 30.3 Å². The number of nitrogens with two attached hydrogens (primary N) is 1. The van der Waals surface area contributed by atoms with Crippen LogP contribution in [0.3, 0.4) is 0 Å². The summed E-state index contributed by atoms with van der Waals surface area (Å²) >= 11 is 0. The minimum Gasteiger partial charge on any atom is -0.356 e. The number of hydrogen-bond acceptors (Lipinski definition) is 3. The first-order chi connectivity index (χ1) is 11.7. The van der Waals surface area contributed by atoms with Crippen LogP contribution in [0.1, 0.15) is 37.7 Å². The highest BCUT2D eigenvalue weighted by Gasteiger charge is 2.27. The first kappa shape index (κ1) is 23.2. The van der Waals surface area contributed by atoms with E-state index in [9.17, 15) is 4.79 Å². The van der Waals surface area contributed by atoms with E-state index in [1.54, 1.807) is 0 Å². The molecule has 1 aromatic rings. The van der Waals surface area contributed by atoms with Gasteiger partial charge >= 0.3 is 0 Å². The Morgan fingerprint density at radius 2 is 1.92 bits per heavy atom. The topological polar surface area (TPSA) is 58.4 Å². The number of hydrogen-bond donors (Lipinski definition) is 2. The lowest BCUT2D eigenvalue weighted by Crippen LogP contribution is -2.34. The van der Waals surface area contributed by atoms with Crippen LogP contribution in [-0.4, -0.2) is 43.0 Å². The van der Waals surface area contributed by atoms with Crippen LogP contribution in [0.4, 0.5) is 0 Å². The summed E-state index contributed by atoms with van der Waals surface area (Å²) in [7, 11) is 0. The molecule has 3 rings (SSSR count). The summed E-state index contributed by atoms with van der Waals surface area (Å²) in [5.41, 5.74) is 7.46. The molecule has 1 unspecified atom stereocenters. The van der Waals surface area contributed by atoms with Gasteiger partial charge in [0.05, 0.1) is 0 Å². The van der Waals surface area contributed by atoms with E-state index in [-0.39, 0.29) is 36.8 Å². The molecule has 0 aromatic heterocycles. The third kappa shape index (κ3) is 7.07. The summed E-state index contributed by atoms with van der Waals surface area (Å²) in [6.45, 7) is 4.20. The predicted molar refractivity (Wildman–Crippen MR) is 112 cm³/mol. The molecule has 1 amide bonds. The molecule has 1 saturated heterocycles. The van der Waals surface area contributed by atoms with E-state index in [1.165, 1.54) is 18.4 Å². The van der Waals surface area contributed by atoms with Crippen LogP contribution < -0.4 is 11.1 Å². The highest BCUT2D eigenvalue weighted by molar-refractivity contribution is 5.85. The first-order valence-electron chi connectivity index (χ1n) is 9.49. The van der Waals surface area contributed by atoms with Gasteiger partial charge in [0.1, 0.15) is 0 Å². The van der Waals surface area contributed by atoms with Crippen molar-refractivity contribution in [2.75, 3.05) is 26.2 Å². The lowest BCUT2D eigenvalue weighted by molar-refractivity contribution is -0.122. The summed E-state index contributed by atoms with van der Waals surface area (Å²) in [5.74, 6) is 1.19. The van der Waals surface area contributed by atoms with Crippen LogP contribution in [0, 0.1) is 11.8 Å². The second-order valence-corrected chi connectivity index (χ2v) is 7.55. The SMILES string of the molecule is Cl.Cl.N[C@@H]1CCC[C@H]1CC(=O)NCC1CCN(CCc2ccccc2)C1. The summed E-state index contributed by atoms with van der Waals surface area (Å²) in [6.07, 6.45) is 6.30. The van der Waals surface area contributed by atoms with Crippen molar-refractivity contribution in [3.63, 3.8) is 0 Å². The zero-order valence-corrected chi connectivity index (χ0v) is 17.1. The van der Waals surface area contributed by atoms with Crippen LogP contribution >= 0.6 is 24.8 Å². The minimum absolute atomic E-state index is 0. The lowest BCUT2D eigenvalue weighted by atomic mass is 9.99. The predicted octanol–water partition coefficient (Wildman–Crippen LogP) is 3.03.